The number of hydrogen-bond acceptors (Lipinski definition) is 2. The van der Waals surface area contributed by atoms with Crippen molar-refractivity contribution in [3.63, 3.8) is 0 Å². The Balaban J connectivity index is 1.97. The van der Waals surface area contributed by atoms with Gasteiger partial charge in [0.25, 0.3) is 11.8 Å². The number of carbonyl (C=O) groups excluding carboxylic acids is 2. The highest BCUT2D eigenvalue weighted by molar-refractivity contribution is 5.87. The summed E-state index contributed by atoms with van der Waals surface area (Å²) in [6.45, 7) is 2.47. The molecule has 0 saturated heterocycles. The molecule has 0 fully saturated rings. The first-order chi connectivity index (χ1) is 10.6. The van der Waals surface area contributed by atoms with Crippen LogP contribution in [0.4, 0.5) is 0 Å². The molecule has 0 unspecified atom stereocenters. The molecule has 2 amide bonds. The fraction of sp³-hybridized carbons (Fsp3) is 0.294. The van der Waals surface area contributed by atoms with Crippen molar-refractivity contribution in [2.45, 2.75) is 13.0 Å². The van der Waals surface area contributed by atoms with Crippen LogP contribution in [0.25, 0.3) is 10.8 Å². The number of nitrogens with one attached hydrogen (secondary N) is 2. The molecule has 2 rings (SSSR count). The number of amides is 2. The Kier molecular flexibility index (Phi) is 5.49. The van der Waals surface area contributed by atoms with Crippen LogP contribution in [0.3, 0.4) is 0 Å². The van der Waals surface area contributed by atoms with E-state index in [1.165, 1.54) is 0 Å². The maximum Gasteiger partial charge on any atom is 0.275 e. The average Bonchev–Trinajstić information content (AvgIpc) is 2.54. The predicted octanol–water partition coefficient (Wildman–Crippen LogP) is 0.326. The third-order valence-corrected chi connectivity index (χ3v) is 3.61. The van der Waals surface area contributed by atoms with Gasteiger partial charge in [0.15, 0.2) is 13.1 Å². The van der Waals surface area contributed by atoms with Crippen LogP contribution in [0.1, 0.15) is 18.5 Å². The molecule has 5 nitrogen and oxygen atoms in total. The predicted molar refractivity (Wildman–Crippen MR) is 86.2 cm³/mol. The van der Waals surface area contributed by atoms with Crippen LogP contribution in [-0.2, 0) is 9.59 Å². The van der Waals surface area contributed by atoms with Crippen molar-refractivity contribution >= 4 is 22.6 Å². The second-order valence-corrected chi connectivity index (χ2v) is 5.23. The van der Waals surface area contributed by atoms with Crippen molar-refractivity contribution in [2.24, 2.45) is 0 Å². The van der Waals surface area contributed by atoms with Gasteiger partial charge in [-0.2, -0.15) is 0 Å². The Morgan fingerprint density at radius 3 is 2.50 bits per heavy atom. The normalized spacial score (nSPS) is 11.9. The van der Waals surface area contributed by atoms with Gasteiger partial charge in [-0.1, -0.05) is 42.5 Å². The van der Waals surface area contributed by atoms with Crippen LogP contribution in [-0.4, -0.2) is 32.0 Å². The van der Waals surface area contributed by atoms with E-state index in [-0.39, 0.29) is 30.9 Å². The molecule has 2 aromatic rings. The lowest BCUT2D eigenvalue weighted by Gasteiger charge is -2.16. The highest BCUT2D eigenvalue weighted by Gasteiger charge is 2.13. The molecule has 0 aliphatic heterocycles. The van der Waals surface area contributed by atoms with Crippen LogP contribution >= 0.6 is 0 Å². The number of rotatable bonds is 6. The van der Waals surface area contributed by atoms with Crippen molar-refractivity contribution in [1.29, 1.82) is 0 Å². The number of likely N-dealkylation sites (N-methyl/N-ethyl adjacent to an activating group) is 1. The summed E-state index contributed by atoms with van der Waals surface area (Å²) >= 11 is 0. The van der Waals surface area contributed by atoms with Gasteiger partial charge >= 0.3 is 0 Å². The molecular formula is C17H22N3O2+. The van der Waals surface area contributed by atoms with Crippen LogP contribution in [0.2, 0.25) is 0 Å². The molecule has 0 aliphatic carbocycles. The van der Waals surface area contributed by atoms with E-state index in [0.717, 1.165) is 16.3 Å². The Morgan fingerprint density at radius 1 is 1.05 bits per heavy atom. The lowest BCUT2D eigenvalue weighted by atomic mass is 10.00. The molecule has 0 aromatic heterocycles. The van der Waals surface area contributed by atoms with Crippen molar-refractivity contribution in [2.75, 3.05) is 20.1 Å². The number of benzene rings is 2. The van der Waals surface area contributed by atoms with E-state index in [4.69, 9.17) is 0 Å². The van der Waals surface area contributed by atoms with Gasteiger partial charge in [0.2, 0.25) is 0 Å². The van der Waals surface area contributed by atoms with E-state index in [1.807, 2.05) is 31.2 Å². The van der Waals surface area contributed by atoms with Gasteiger partial charge in [0, 0.05) is 7.05 Å². The Morgan fingerprint density at radius 2 is 1.73 bits per heavy atom. The monoisotopic (exact) mass is 300 g/mol. The maximum absolute atomic E-state index is 12.0. The van der Waals surface area contributed by atoms with E-state index in [2.05, 4.69) is 28.8 Å². The van der Waals surface area contributed by atoms with Gasteiger partial charge in [-0.3, -0.25) is 9.59 Å². The second kappa shape index (κ2) is 7.56. The molecule has 0 aliphatic rings. The summed E-state index contributed by atoms with van der Waals surface area (Å²) in [5.74, 6) is -0.167. The molecule has 0 spiro atoms. The number of carbonyl (C=O) groups is 2. The van der Waals surface area contributed by atoms with Crippen LogP contribution < -0.4 is 16.0 Å². The SMILES string of the molecule is CNC(=O)C[NH2+]CC(=O)N[C@@H](C)c1cccc2ccccc12. The van der Waals surface area contributed by atoms with E-state index < -0.39 is 0 Å². The minimum atomic E-state index is -0.0881. The largest absolute Gasteiger partial charge is 0.354 e. The van der Waals surface area contributed by atoms with Gasteiger partial charge in [-0.15, -0.1) is 0 Å². The average molecular weight is 300 g/mol. The van der Waals surface area contributed by atoms with Gasteiger partial charge < -0.3 is 16.0 Å². The van der Waals surface area contributed by atoms with Gasteiger partial charge in [-0.25, -0.2) is 0 Å². The summed E-state index contributed by atoms with van der Waals surface area (Å²) in [5.41, 5.74) is 1.10. The Bertz CT molecular complexity index is 665. The molecule has 116 valence electrons. The fourth-order valence-corrected chi connectivity index (χ4v) is 2.44. The van der Waals surface area contributed by atoms with Gasteiger partial charge in [0.1, 0.15) is 0 Å². The summed E-state index contributed by atoms with van der Waals surface area (Å²) in [6, 6.07) is 14.1. The summed E-state index contributed by atoms with van der Waals surface area (Å²) < 4.78 is 0. The quantitative estimate of drug-likeness (QED) is 0.719. The lowest BCUT2D eigenvalue weighted by Crippen LogP contribution is -2.88. The molecule has 0 radical (unpaired) electrons. The first kappa shape index (κ1) is 16.0. The molecule has 5 heteroatoms. The first-order valence-corrected chi connectivity index (χ1v) is 7.41. The van der Waals surface area contributed by atoms with E-state index in [1.54, 1.807) is 12.4 Å². The number of fused-ring (bicyclic) bond motifs is 1. The molecule has 0 heterocycles. The lowest BCUT2D eigenvalue weighted by molar-refractivity contribution is -0.633. The zero-order valence-electron chi connectivity index (χ0n) is 12.9. The summed E-state index contributed by atoms with van der Waals surface area (Å²) in [4.78, 5) is 23.1. The van der Waals surface area contributed by atoms with Gasteiger partial charge in [0.05, 0.1) is 6.04 Å². The molecule has 4 N–H and O–H groups in total. The van der Waals surface area contributed by atoms with Crippen molar-refractivity contribution in [3.05, 3.63) is 48.0 Å². The van der Waals surface area contributed by atoms with Crippen LogP contribution in [0.5, 0.6) is 0 Å². The molecule has 0 bridgehead atoms. The highest BCUT2D eigenvalue weighted by atomic mass is 16.2. The highest BCUT2D eigenvalue weighted by Crippen LogP contribution is 2.23. The minimum Gasteiger partial charge on any atom is -0.354 e. The van der Waals surface area contributed by atoms with Crippen molar-refractivity contribution in [1.82, 2.24) is 10.6 Å². The summed E-state index contributed by atoms with van der Waals surface area (Å²) in [5, 5.41) is 9.49. The first-order valence-electron chi connectivity index (χ1n) is 7.41. The zero-order chi connectivity index (χ0) is 15.9. The number of nitrogens with two attached hydrogens (primary N) is 1. The second-order valence-electron chi connectivity index (χ2n) is 5.23. The topological polar surface area (TPSA) is 74.8 Å². The molecular weight excluding hydrogens is 278 g/mol. The van der Waals surface area contributed by atoms with Crippen molar-refractivity contribution < 1.29 is 14.9 Å². The zero-order valence-corrected chi connectivity index (χ0v) is 12.9. The van der Waals surface area contributed by atoms with E-state index in [0.29, 0.717) is 0 Å². The molecule has 2 aromatic carbocycles. The number of hydrogen-bond donors (Lipinski definition) is 3. The van der Waals surface area contributed by atoms with Crippen molar-refractivity contribution in [3.8, 4) is 0 Å². The molecule has 0 saturated carbocycles. The van der Waals surface area contributed by atoms with Crippen LogP contribution in [0, 0.1) is 0 Å². The Hall–Kier alpha value is -2.40. The smallest absolute Gasteiger partial charge is 0.275 e. The summed E-state index contributed by atoms with van der Waals surface area (Å²) in [6.07, 6.45) is 0. The van der Waals surface area contributed by atoms with E-state index >= 15 is 0 Å². The third-order valence-electron chi connectivity index (χ3n) is 3.61. The number of quaternary nitrogens is 1. The Labute approximate surface area is 130 Å². The van der Waals surface area contributed by atoms with Crippen LogP contribution in [0.15, 0.2) is 42.5 Å². The molecule has 1 atom stereocenters. The van der Waals surface area contributed by atoms with E-state index in [9.17, 15) is 9.59 Å². The maximum atomic E-state index is 12.0. The third kappa shape index (κ3) is 4.05. The standard InChI is InChI=1S/C17H21N3O2/c1-12(20-17(22)11-19-10-16(21)18-2)14-9-5-7-13-6-3-4-8-15(13)14/h3-9,12,19H,10-11H2,1-2H3,(H,18,21)(H,20,22)/p+1/t12-/m0/s1. The van der Waals surface area contributed by atoms with Gasteiger partial charge in [-0.05, 0) is 23.3 Å². The summed E-state index contributed by atoms with van der Waals surface area (Å²) in [7, 11) is 1.58. The molecule has 22 heavy (non-hydrogen) atoms. The fourth-order valence-electron chi connectivity index (χ4n) is 2.44. The minimum absolute atomic E-state index is 0.0769.